The minimum Gasteiger partial charge on any atom is -0.465 e. The Morgan fingerprint density at radius 2 is 1.71 bits per heavy atom. The fourth-order valence-electron chi connectivity index (χ4n) is 4.80. The third-order valence-electron chi connectivity index (χ3n) is 6.89. The molecule has 0 radical (unpaired) electrons. The molecule has 1 heterocycles. The lowest BCUT2D eigenvalue weighted by atomic mass is 9.69. The van der Waals surface area contributed by atoms with Gasteiger partial charge in [-0.1, -0.05) is 49.7 Å². The van der Waals surface area contributed by atoms with E-state index in [-0.39, 0.29) is 28.1 Å². The first-order valence-corrected chi connectivity index (χ1v) is 12.5. The van der Waals surface area contributed by atoms with Crippen LogP contribution in [0.15, 0.2) is 60.7 Å². The Balaban J connectivity index is 1.72. The van der Waals surface area contributed by atoms with Crippen LogP contribution in [0.2, 0.25) is 5.02 Å². The summed E-state index contributed by atoms with van der Waals surface area (Å²) < 4.78 is 19.2. The minimum atomic E-state index is -0.974. The van der Waals surface area contributed by atoms with E-state index < -0.39 is 23.1 Å². The van der Waals surface area contributed by atoms with Gasteiger partial charge in [0.1, 0.15) is 11.2 Å². The molecule has 9 heteroatoms. The molecule has 38 heavy (non-hydrogen) atoms. The third-order valence-corrected chi connectivity index (χ3v) is 7.18. The third kappa shape index (κ3) is 4.96. The summed E-state index contributed by atoms with van der Waals surface area (Å²) in [7, 11) is 2.77. The molecule has 1 aliphatic rings. The van der Waals surface area contributed by atoms with Crippen LogP contribution in [0.3, 0.4) is 0 Å². The fourth-order valence-corrected chi connectivity index (χ4v) is 4.97. The highest BCUT2D eigenvalue weighted by atomic mass is 35.5. The summed E-state index contributed by atoms with van der Waals surface area (Å²) in [6.45, 7) is 4.80. The van der Waals surface area contributed by atoms with E-state index in [1.807, 2.05) is 29.2 Å². The van der Waals surface area contributed by atoms with Crippen molar-refractivity contribution in [2.24, 2.45) is 0 Å². The number of rotatable bonds is 7. The van der Waals surface area contributed by atoms with Crippen LogP contribution in [0, 0.1) is 5.82 Å². The molecular weight excluding hydrogens is 509 g/mol. The van der Waals surface area contributed by atoms with Crippen molar-refractivity contribution in [1.82, 2.24) is 5.32 Å². The molecule has 3 aromatic rings. The van der Waals surface area contributed by atoms with Crippen LogP contribution in [0.5, 0.6) is 0 Å². The number of carbonyl (C=O) groups is 3. The van der Waals surface area contributed by atoms with Gasteiger partial charge in [-0.05, 0) is 53.4 Å². The van der Waals surface area contributed by atoms with Crippen molar-refractivity contribution in [3.8, 4) is 0 Å². The van der Waals surface area contributed by atoms with Crippen LogP contribution in [0.4, 0.5) is 15.8 Å². The van der Waals surface area contributed by atoms with E-state index in [1.54, 1.807) is 24.3 Å². The zero-order valence-corrected chi connectivity index (χ0v) is 22.4. The standard InChI is InChI=1S/C29H29ClFN3O4/c1-17(2)20-7-5-6-8-22(20)29(15-34(16-29)19-11-9-18(10-12-19)27(36)38-4)28(37)33-25-14-24(31)23(30)13-21(25)26(35)32-3/h5-14,17H,15-16H2,1-4H3,(H,32,35)(H,33,37). The highest BCUT2D eigenvalue weighted by Crippen LogP contribution is 2.42. The molecule has 1 aliphatic heterocycles. The molecular formula is C29H29ClFN3O4. The van der Waals surface area contributed by atoms with Gasteiger partial charge in [0.15, 0.2) is 0 Å². The van der Waals surface area contributed by atoms with Crippen LogP contribution in [-0.2, 0) is 14.9 Å². The number of esters is 1. The molecule has 0 spiro atoms. The molecule has 3 aromatic carbocycles. The first-order valence-electron chi connectivity index (χ1n) is 12.2. The average Bonchev–Trinajstić information content (AvgIpc) is 2.89. The summed E-state index contributed by atoms with van der Waals surface area (Å²) in [5.74, 6) is -1.88. The Labute approximate surface area is 225 Å². The molecule has 1 saturated heterocycles. The summed E-state index contributed by atoms with van der Waals surface area (Å²) in [5, 5.41) is 5.10. The quantitative estimate of drug-likeness (QED) is 0.407. The van der Waals surface area contributed by atoms with E-state index in [1.165, 1.54) is 20.2 Å². The number of methoxy groups -OCH3 is 1. The van der Waals surface area contributed by atoms with E-state index in [9.17, 15) is 18.8 Å². The Morgan fingerprint density at radius 1 is 1.05 bits per heavy atom. The molecule has 2 N–H and O–H groups in total. The first kappa shape index (κ1) is 27.1. The fraction of sp³-hybridized carbons (Fsp3) is 0.276. The maximum Gasteiger partial charge on any atom is 0.337 e. The van der Waals surface area contributed by atoms with Crippen LogP contribution in [0.1, 0.15) is 51.6 Å². The molecule has 0 saturated carbocycles. The summed E-state index contributed by atoms with van der Waals surface area (Å²) in [6.07, 6.45) is 0. The Bertz CT molecular complexity index is 1390. The highest BCUT2D eigenvalue weighted by molar-refractivity contribution is 6.31. The van der Waals surface area contributed by atoms with Gasteiger partial charge >= 0.3 is 5.97 Å². The number of benzene rings is 3. The second-order valence-electron chi connectivity index (χ2n) is 9.56. The molecule has 0 bridgehead atoms. The van der Waals surface area contributed by atoms with E-state index in [4.69, 9.17) is 16.3 Å². The second kappa shape index (κ2) is 10.8. The maximum absolute atomic E-state index is 14.4. The number of nitrogens with zero attached hydrogens (tertiary/aromatic N) is 1. The van der Waals surface area contributed by atoms with Gasteiger partial charge in [-0.2, -0.15) is 0 Å². The monoisotopic (exact) mass is 537 g/mol. The number of hydrogen-bond donors (Lipinski definition) is 2. The highest BCUT2D eigenvalue weighted by Gasteiger charge is 2.52. The number of anilines is 2. The molecule has 4 rings (SSSR count). The van der Waals surface area contributed by atoms with Crippen molar-refractivity contribution in [3.05, 3.63) is 93.8 Å². The number of hydrogen-bond acceptors (Lipinski definition) is 5. The van der Waals surface area contributed by atoms with Gasteiger partial charge in [0.2, 0.25) is 5.91 Å². The van der Waals surface area contributed by atoms with E-state index in [0.717, 1.165) is 22.9 Å². The largest absolute Gasteiger partial charge is 0.465 e. The molecule has 198 valence electrons. The predicted octanol–water partition coefficient (Wildman–Crippen LogP) is 5.15. The van der Waals surface area contributed by atoms with Crippen molar-refractivity contribution < 1.29 is 23.5 Å². The van der Waals surface area contributed by atoms with Crippen LogP contribution >= 0.6 is 11.6 Å². The topological polar surface area (TPSA) is 87.7 Å². The van der Waals surface area contributed by atoms with Gasteiger partial charge < -0.3 is 20.3 Å². The molecule has 0 aromatic heterocycles. The van der Waals surface area contributed by atoms with Gasteiger partial charge in [-0.25, -0.2) is 9.18 Å². The predicted molar refractivity (Wildman–Crippen MR) is 146 cm³/mol. The van der Waals surface area contributed by atoms with Crippen molar-refractivity contribution in [3.63, 3.8) is 0 Å². The molecule has 0 aliphatic carbocycles. The van der Waals surface area contributed by atoms with Gasteiger partial charge in [-0.15, -0.1) is 0 Å². The average molecular weight is 538 g/mol. The van der Waals surface area contributed by atoms with Crippen molar-refractivity contribution in [2.75, 3.05) is 37.5 Å². The summed E-state index contributed by atoms with van der Waals surface area (Å²) in [4.78, 5) is 40.3. The molecule has 1 fully saturated rings. The van der Waals surface area contributed by atoms with Gasteiger partial charge in [0.25, 0.3) is 5.91 Å². The van der Waals surface area contributed by atoms with Crippen molar-refractivity contribution in [2.45, 2.75) is 25.2 Å². The lowest BCUT2D eigenvalue weighted by Gasteiger charge is -2.51. The lowest BCUT2D eigenvalue weighted by molar-refractivity contribution is -0.122. The maximum atomic E-state index is 14.4. The Kier molecular flexibility index (Phi) is 7.73. The summed E-state index contributed by atoms with van der Waals surface area (Å²) in [6, 6.07) is 17.0. The zero-order valence-electron chi connectivity index (χ0n) is 21.6. The van der Waals surface area contributed by atoms with Crippen LogP contribution in [0.25, 0.3) is 0 Å². The number of halogens is 2. The number of nitrogens with one attached hydrogen (secondary N) is 2. The van der Waals surface area contributed by atoms with E-state index >= 15 is 0 Å². The molecule has 0 atom stereocenters. The molecule has 0 unspecified atom stereocenters. The summed E-state index contributed by atoms with van der Waals surface area (Å²) >= 11 is 5.93. The lowest BCUT2D eigenvalue weighted by Crippen LogP contribution is -2.65. The number of amides is 2. The Hall–Kier alpha value is -3.91. The van der Waals surface area contributed by atoms with Crippen LogP contribution < -0.4 is 15.5 Å². The van der Waals surface area contributed by atoms with E-state index in [2.05, 4.69) is 24.5 Å². The van der Waals surface area contributed by atoms with Crippen LogP contribution in [-0.4, -0.2) is 45.0 Å². The zero-order chi connectivity index (χ0) is 27.6. The van der Waals surface area contributed by atoms with Gasteiger partial charge in [-0.3, -0.25) is 9.59 Å². The molecule has 7 nitrogen and oxygen atoms in total. The van der Waals surface area contributed by atoms with Crippen molar-refractivity contribution >= 4 is 40.8 Å². The summed E-state index contributed by atoms with van der Waals surface area (Å²) in [5.41, 5.74) is 2.29. The SMILES string of the molecule is CNC(=O)c1cc(Cl)c(F)cc1NC(=O)C1(c2ccccc2C(C)C)CN(c2ccc(C(=O)OC)cc2)C1. The van der Waals surface area contributed by atoms with Gasteiger partial charge in [0, 0.05) is 25.8 Å². The minimum absolute atomic E-state index is 0.0403. The second-order valence-corrected chi connectivity index (χ2v) is 9.97. The molecule has 2 amide bonds. The Morgan fingerprint density at radius 3 is 2.32 bits per heavy atom. The smallest absolute Gasteiger partial charge is 0.337 e. The number of carbonyl (C=O) groups excluding carboxylic acids is 3. The normalized spacial score (nSPS) is 14.0. The van der Waals surface area contributed by atoms with Crippen molar-refractivity contribution in [1.29, 1.82) is 0 Å². The van der Waals surface area contributed by atoms with Gasteiger partial charge in [0.05, 0.1) is 28.9 Å². The first-order chi connectivity index (χ1) is 18.1. The number of ether oxygens (including phenoxy) is 1. The van der Waals surface area contributed by atoms with E-state index in [0.29, 0.717) is 18.7 Å².